The minimum absolute atomic E-state index is 0. The summed E-state index contributed by atoms with van der Waals surface area (Å²) in [5.41, 5.74) is 1.60. The van der Waals surface area contributed by atoms with Gasteiger partial charge in [-0.15, -0.1) is 0 Å². The van der Waals surface area contributed by atoms with E-state index < -0.39 is 0 Å². The van der Waals surface area contributed by atoms with Crippen molar-refractivity contribution in [3.05, 3.63) is 0 Å². The van der Waals surface area contributed by atoms with Gasteiger partial charge in [0, 0.05) is 0 Å². The summed E-state index contributed by atoms with van der Waals surface area (Å²) in [6.45, 7) is 27.7. The van der Waals surface area contributed by atoms with Crippen molar-refractivity contribution in [2.24, 2.45) is 39.9 Å². The molecule has 2 aliphatic rings. The van der Waals surface area contributed by atoms with E-state index >= 15 is 0 Å². The van der Waals surface area contributed by atoms with Crippen LogP contribution in [0, 0.1) is 39.9 Å². The maximum atomic E-state index is 2.39. The molecule has 0 bridgehead atoms. The molecule has 0 spiro atoms. The van der Waals surface area contributed by atoms with Gasteiger partial charge in [0.25, 0.3) is 0 Å². The van der Waals surface area contributed by atoms with Crippen molar-refractivity contribution < 1.29 is 0 Å². The lowest BCUT2D eigenvalue weighted by Gasteiger charge is -2.22. The Labute approximate surface area is 182 Å². The summed E-state index contributed by atoms with van der Waals surface area (Å²) in [4.78, 5) is 0. The lowest BCUT2D eigenvalue weighted by molar-refractivity contribution is 0.292. The summed E-state index contributed by atoms with van der Waals surface area (Å²) in [6.07, 6.45) is 11.7. The Kier molecular flexibility index (Phi) is 13.6. The average Bonchev–Trinajstić information content (AvgIpc) is 2.93. The Morgan fingerprint density at radius 2 is 0.786 bits per heavy atom. The molecule has 0 heteroatoms. The van der Waals surface area contributed by atoms with Gasteiger partial charge >= 0.3 is 0 Å². The third-order valence-electron chi connectivity index (χ3n) is 5.41. The first kappa shape index (κ1) is 30.2. The highest BCUT2D eigenvalue weighted by molar-refractivity contribution is 4.78. The molecule has 0 N–H and O–H groups in total. The van der Waals surface area contributed by atoms with E-state index in [2.05, 4.69) is 83.1 Å². The molecule has 2 aliphatic carbocycles. The maximum Gasteiger partial charge on any atom is -0.0380 e. The van der Waals surface area contributed by atoms with Crippen molar-refractivity contribution in [3.63, 3.8) is 0 Å². The van der Waals surface area contributed by atoms with Crippen LogP contribution < -0.4 is 0 Å². The van der Waals surface area contributed by atoms with Crippen molar-refractivity contribution in [2.75, 3.05) is 0 Å². The molecule has 0 nitrogen and oxygen atoms in total. The molecule has 0 saturated heterocycles. The van der Waals surface area contributed by atoms with E-state index in [4.69, 9.17) is 0 Å². The van der Waals surface area contributed by atoms with E-state index in [9.17, 15) is 0 Å². The van der Waals surface area contributed by atoms with E-state index in [1.807, 2.05) is 0 Å². The normalized spacial score (nSPS) is 27.9. The van der Waals surface area contributed by atoms with E-state index in [-0.39, 0.29) is 7.43 Å². The van der Waals surface area contributed by atoms with Crippen molar-refractivity contribution in [1.29, 1.82) is 0 Å². The Bertz CT molecular complexity index is 332. The van der Waals surface area contributed by atoms with Gasteiger partial charge in [-0.2, -0.15) is 0 Å². The second-order valence-corrected chi connectivity index (χ2v) is 14.1. The lowest BCUT2D eigenvalue weighted by Crippen LogP contribution is -2.10. The Morgan fingerprint density at radius 1 is 0.536 bits per heavy atom. The first-order valence-electron chi connectivity index (χ1n) is 11.9. The van der Waals surface area contributed by atoms with Gasteiger partial charge in [-0.25, -0.2) is 0 Å². The number of hydrogen-bond donors (Lipinski definition) is 0. The fraction of sp³-hybridized carbons (Fsp3) is 1.00. The van der Waals surface area contributed by atoms with Crippen molar-refractivity contribution >= 4 is 0 Å². The second kappa shape index (κ2) is 12.6. The molecule has 2 rings (SSSR count). The highest BCUT2D eigenvalue weighted by Crippen LogP contribution is 2.38. The number of hydrogen-bond acceptors (Lipinski definition) is 0. The van der Waals surface area contributed by atoms with Crippen LogP contribution in [-0.4, -0.2) is 0 Å². The summed E-state index contributed by atoms with van der Waals surface area (Å²) in [7, 11) is 0. The zero-order valence-electron chi connectivity index (χ0n) is 21.5. The molecule has 0 amide bonds. The van der Waals surface area contributed by atoms with Gasteiger partial charge in [-0.05, 0) is 65.6 Å². The minimum atomic E-state index is 0. The maximum absolute atomic E-state index is 2.39. The minimum Gasteiger partial charge on any atom is -0.0776 e. The zero-order chi connectivity index (χ0) is 21.5. The van der Waals surface area contributed by atoms with Crippen LogP contribution in [0.4, 0.5) is 0 Å². The molecule has 0 heterocycles. The Morgan fingerprint density at radius 3 is 0.929 bits per heavy atom. The third-order valence-corrected chi connectivity index (χ3v) is 5.41. The molecule has 0 aromatic heterocycles. The average molecular weight is 397 g/mol. The molecular formula is C28H60. The van der Waals surface area contributed by atoms with E-state index in [0.717, 1.165) is 23.7 Å². The quantitative estimate of drug-likeness (QED) is 0.435. The van der Waals surface area contributed by atoms with Crippen LogP contribution in [0.15, 0.2) is 0 Å². The van der Waals surface area contributed by atoms with Crippen LogP contribution >= 0.6 is 0 Å². The van der Waals surface area contributed by atoms with Gasteiger partial charge in [-0.1, -0.05) is 116 Å². The summed E-state index contributed by atoms with van der Waals surface area (Å²) >= 11 is 0. The van der Waals surface area contributed by atoms with Crippen molar-refractivity contribution in [2.45, 2.75) is 142 Å². The van der Waals surface area contributed by atoms with Gasteiger partial charge in [0.2, 0.25) is 0 Å². The molecule has 4 atom stereocenters. The standard InChI is InChI=1S/2C11H22.C5H12.CH4/c2*1-9-5-6-10(7-9)8-11(2,3)4;1-5(2,3)4;/h2*9-10H,5-8H2,1-4H3;1-4H3;1H4. The lowest BCUT2D eigenvalue weighted by atomic mass is 9.84. The molecule has 0 radical (unpaired) electrons. The van der Waals surface area contributed by atoms with Crippen molar-refractivity contribution in [3.8, 4) is 0 Å². The Hall–Kier alpha value is 0. The second-order valence-electron chi connectivity index (χ2n) is 14.1. The highest BCUT2D eigenvalue weighted by atomic mass is 14.3. The predicted molar refractivity (Wildman–Crippen MR) is 133 cm³/mol. The van der Waals surface area contributed by atoms with Crippen LogP contribution in [0.3, 0.4) is 0 Å². The fourth-order valence-electron chi connectivity index (χ4n) is 4.75. The zero-order valence-corrected chi connectivity index (χ0v) is 21.5. The van der Waals surface area contributed by atoms with Crippen molar-refractivity contribution in [1.82, 2.24) is 0 Å². The Balaban J connectivity index is 0. The highest BCUT2D eigenvalue weighted by Gasteiger charge is 2.26. The molecule has 0 aromatic rings. The van der Waals surface area contributed by atoms with E-state index in [0.29, 0.717) is 16.2 Å². The third kappa shape index (κ3) is 20.7. The van der Waals surface area contributed by atoms with Crippen LogP contribution in [0.1, 0.15) is 142 Å². The van der Waals surface area contributed by atoms with Gasteiger partial charge in [-0.3, -0.25) is 0 Å². The monoisotopic (exact) mass is 396 g/mol. The van der Waals surface area contributed by atoms with Crippen LogP contribution in [0.2, 0.25) is 0 Å². The first-order chi connectivity index (χ1) is 11.9. The molecule has 2 fully saturated rings. The largest absolute Gasteiger partial charge is 0.0776 e. The van der Waals surface area contributed by atoms with E-state index in [1.165, 1.54) is 51.4 Å². The predicted octanol–water partition coefficient (Wildman–Crippen LogP) is 10.4. The van der Waals surface area contributed by atoms with Gasteiger partial charge in [0.1, 0.15) is 0 Å². The first-order valence-corrected chi connectivity index (χ1v) is 11.9. The molecular weight excluding hydrogens is 336 g/mol. The van der Waals surface area contributed by atoms with Crippen LogP contribution in [0.25, 0.3) is 0 Å². The number of rotatable bonds is 2. The topological polar surface area (TPSA) is 0 Å². The SMILES string of the molecule is C.CC(C)(C)C.CC1CCC(CC(C)(C)C)C1.CC1CCC(CC(C)(C)C)C1. The molecule has 28 heavy (non-hydrogen) atoms. The van der Waals surface area contributed by atoms with E-state index in [1.54, 1.807) is 0 Å². The molecule has 4 unspecified atom stereocenters. The van der Waals surface area contributed by atoms with Gasteiger partial charge in [0.15, 0.2) is 0 Å². The summed E-state index contributed by atoms with van der Waals surface area (Å²) in [6, 6.07) is 0. The molecule has 0 aromatic carbocycles. The smallest absolute Gasteiger partial charge is 0.0380 e. The van der Waals surface area contributed by atoms with Crippen LogP contribution in [0.5, 0.6) is 0 Å². The van der Waals surface area contributed by atoms with Gasteiger partial charge < -0.3 is 0 Å². The molecule has 172 valence electrons. The molecule has 0 aliphatic heterocycles. The van der Waals surface area contributed by atoms with Gasteiger partial charge in [0.05, 0.1) is 0 Å². The molecule has 2 saturated carbocycles. The fourth-order valence-corrected chi connectivity index (χ4v) is 4.75. The summed E-state index contributed by atoms with van der Waals surface area (Å²) in [5.74, 6) is 4.07. The summed E-state index contributed by atoms with van der Waals surface area (Å²) < 4.78 is 0. The summed E-state index contributed by atoms with van der Waals surface area (Å²) in [5, 5.41) is 0. The van der Waals surface area contributed by atoms with Crippen LogP contribution in [-0.2, 0) is 0 Å².